The molecule has 0 aromatic heterocycles. The second kappa shape index (κ2) is 9.16. The van der Waals surface area contributed by atoms with Crippen LogP contribution in [-0.4, -0.2) is 6.36 Å². The van der Waals surface area contributed by atoms with E-state index in [2.05, 4.69) is 16.6 Å². The van der Waals surface area contributed by atoms with Crippen LogP contribution in [-0.2, 0) is 0 Å². The SMILES string of the molecule is Cc1cc(-c2ccc(OC(F)(F)F)cc2)ccc1C#Cc1cc(C)c(SC#N)c(F)c1. The number of thioether (sulfide) groups is 1. The van der Waals surface area contributed by atoms with Crippen molar-refractivity contribution in [2.45, 2.75) is 25.1 Å². The smallest absolute Gasteiger partial charge is 0.406 e. The number of hydrogen-bond acceptors (Lipinski definition) is 3. The van der Waals surface area contributed by atoms with Crippen molar-refractivity contribution in [3.05, 3.63) is 82.7 Å². The van der Waals surface area contributed by atoms with Crippen LogP contribution in [0.25, 0.3) is 11.1 Å². The largest absolute Gasteiger partial charge is 0.573 e. The average molecular weight is 441 g/mol. The molecule has 0 aliphatic carbocycles. The molecule has 3 aromatic carbocycles. The number of halogens is 4. The van der Waals surface area contributed by atoms with E-state index in [1.165, 1.54) is 18.2 Å². The molecule has 0 fully saturated rings. The topological polar surface area (TPSA) is 33.0 Å². The molecule has 0 saturated carbocycles. The molecule has 0 N–H and O–H groups in total. The molecule has 0 unspecified atom stereocenters. The normalized spacial score (nSPS) is 10.7. The van der Waals surface area contributed by atoms with E-state index in [0.29, 0.717) is 16.0 Å². The molecule has 3 rings (SSSR count). The predicted molar refractivity (Wildman–Crippen MR) is 112 cm³/mol. The number of ether oxygens (including phenoxy) is 1. The molecule has 7 heteroatoms. The molecule has 0 atom stereocenters. The van der Waals surface area contributed by atoms with Gasteiger partial charge >= 0.3 is 6.36 Å². The van der Waals surface area contributed by atoms with Gasteiger partial charge in [0.1, 0.15) is 17.0 Å². The molecule has 0 bridgehead atoms. The van der Waals surface area contributed by atoms with Crippen LogP contribution in [0.2, 0.25) is 0 Å². The molecule has 0 saturated heterocycles. The number of aryl methyl sites for hydroxylation is 2. The number of alkyl halides is 3. The molecule has 0 heterocycles. The van der Waals surface area contributed by atoms with E-state index in [0.717, 1.165) is 34.0 Å². The molecule has 0 aliphatic heterocycles. The lowest BCUT2D eigenvalue weighted by Crippen LogP contribution is -2.16. The van der Waals surface area contributed by atoms with Gasteiger partial charge < -0.3 is 4.74 Å². The summed E-state index contributed by atoms with van der Waals surface area (Å²) in [6.45, 7) is 3.59. The summed E-state index contributed by atoms with van der Waals surface area (Å²) in [6, 6.07) is 14.1. The van der Waals surface area contributed by atoms with E-state index in [1.54, 1.807) is 31.2 Å². The molecule has 31 heavy (non-hydrogen) atoms. The Hall–Kier alpha value is -3.42. The lowest BCUT2D eigenvalue weighted by atomic mass is 9.99. The van der Waals surface area contributed by atoms with Gasteiger partial charge in [-0.15, -0.1) is 13.2 Å². The molecule has 0 amide bonds. The summed E-state index contributed by atoms with van der Waals surface area (Å²) in [6.07, 6.45) is -4.73. The van der Waals surface area contributed by atoms with Gasteiger partial charge in [0.05, 0.1) is 4.90 Å². The number of nitriles is 1. The maximum atomic E-state index is 14.2. The summed E-state index contributed by atoms with van der Waals surface area (Å²) in [5.74, 6) is 5.19. The standard InChI is InChI=1S/C24H15F4NOS/c1-15-12-20(19-7-9-21(10-8-19)30-24(26,27)28)6-5-18(15)4-3-17-11-16(2)23(31-14-29)22(25)13-17/h5-13H,1-2H3. The maximum absolute atomic E-state index is 14.2. The van der Waals surface area contributed by atoms with Crippen LogP contribution in [0, 0.1) is 42.2 Å². The third kappa shape index (κ3) is 5.81. The number of benzene rings is 3. The van der Waals surface area contributed by atoms with Gasteiger partial charge in [-0.1, -0.05) is 36.1 Å². The summed E-state index contributed by atoms with van der Waals surface area (Å²) in [5, 5.41) is 10.6. The molecule has 0 radical (unpaired) electrons. The maximum Gasteiger partial charge on any atom is 0.573 e. The first-order chi connectivity index (χ1) is 14.7. The van der Waals surface area contributed by atoms with Crippen molar-refractivity contribution in [1.82, 2.24) is 0 Å². The Balaban J connectivity index is 1.82. The van der Waals surface area contributed by atoms with Crippen molar-refractivity contribution in [3.8, 4) is 34.1 Å². The fourth-order valence-electron chi connectivity index (χ4n) is 2.95. The molecule has 0 spiro atoms. The average Bonchev–Trinajstić information content (AvgIpc) is 2.69. The van der Waals surface area contributed by atoms with Crippen molar-refractivity contribution in [3.63, 3.8) is 0 Å². The van der Waals surface area contributed by atoms with Crippen LogP contribution >= 0.6 is 11.8 Å². The Labute approximate surface area is 181 Å². The minimum atomic E-state index is -4.73. The summed E-state index contributed by atoms with van der Waals surface area (Å²) in [4.78, 5) is 0.292. The van der Waals surface area contributed by atoms with Crippen molar-refractivity contribution >= 4 is 11.8 Å². The van der Waals surface area contributed by atoms with Gasteiger partial charge in [-0.05, 0) is 78.2 Å². The van der Waals surface area contributed by atoms with Crippen LogP contribution in [0.1, 0.15) is 22.3 Å². The van der Waals surface area contributed by atoms with Crippen molar-refractivity contribution < 1.29 is 22.3 Å². The highest BCUT2D eigenvalue weighted by atomic mass is 32.2. The zero-order chi connectivity index (χ0) is 22.6. The minimum Gasteiger partial charge on any atom is -0.406 e. The molecule has 2 nitrogen and oxygen atoms in total. The Kier molecular flexibility index (Phi) is 6.58. The van der Waals surface area contributed by atoms with Crippen LogP contribution in [0.4, 0.5) is 17.6 Å². The van der Waals surface area contributed by atoms with Gasteiger partial charge in [0.2, 0.25) is 0 Å². The lowest BCUT2D eigenvalue weighted by molar-refractivity contribution is -0.274. The van der Waals surface area contributed by atoms with E-state index < -0.39 is 12.2 Å². The van der Waals surface area contributed by atoms with E-state index in [-0.39, 0.29) is 5.75 Å². The first kappa shape index (κ1) is 22.3. The first-order valence-corrected chi connectivity index (χ1v) is 9.83. The van der Waals surface area contributed by atoms with Crippen molar-refractivity contribution in [2.24, 2.45) is 0 Å². The zero-order valence-electron chi connectivity index (χ0n) is 16.5. The molecule has 3 aromatic rings. The fraction of sp³-hybridized carbons (Fsp3) is 0.125. The quantitative estimate of drug-likeness (QED) is 0.190. The van der Waals surface area contributed by atoms with Gasteiger partial charge in [-0.2, -0.15) is 5.26 Å². The van der Waals surface area contributed by atoms with E-state index in [1.807, 2.05) is 24.5 Å². The van der Waals surface area contributed by atoms with Gasteiger partial charge in [0, 0.05) is 11.1 Å². The highest BCUT2D eigenvalue weighted by molar-refractivity contribution is 8.03. The molecular formula is C24H15F4NOS. The molecule has 156 valence electrons. The van der Waals surface area contributed by atoms with Crippen LogP contribution in [0.5, 0.6) is 5.75 Å². The summed E-state index contributed by atoms with van der Waals surface area (Å²) < 4.78 is 54.9. The number of rotatable bonds is 3. The Bertz CT molecular complexity index is 1190. The van der Waals surface area contributed by atoms with E-state index in [4.69, 9.17) is 5.26 Å². The highest BCUT2D eigenvalue weighted by Crippen LogP contribution is 2.28. The summed E-state index contributed by atoms with van der Waals surface area (Å²) in [7, 11) is 0. The third-order valence-corrected chi connectivity index (χ3v) is 5.18. The zero-order valence-corrected chi connectivity index (χ0v) is 17.3. The monoisotopic (exact) mass is 441 g/mol. The highest BCUT2D eigenvalue weighted by Gasteiger charge is 2.30. The Morgan fingerprint density at radius 2 is 1.55 bits per heavy atom. The third-order valence-electron chi connectivity index (χ3n) is 4.37. The Morgan fingerprint density at radius 3 is 2.13 bits per heavy atom. The predicted octanol–water partition coefficient (Wildman–Crippen LogP) is 6.98. The number of nitrogens with zero attached hydrogens (tertiary/aromatic N) is 1. The van der Waals surface area contributed by atoms with E-state index >= 15 is 0 Å². The first-order valence-electron chi connectivity index (χ1n) is 9.01. The number of thiocyanates is 1. The summed E-state index contributed by atoms with van der Waals surface area (Å²) >= 11 is 0.776. The Morgan fingerprint density at radius 1 is 0.871 bits per heavy atom. The molecular weight excluding hydrogens is 426 g/mol. The second-order valence-corrected chi connectivity index (χ2v) is 7.44. The summed E-state index contributed by atoms with van der Waals surface area (Å²) in [5.41, 5.74) is 4.31. The van der Waals surface area contributed by atoms with Gasteiger partial charge in [-0.3, -0.25) is 0 Å². The van der Waals surface area contributed by atoms with Crippen molar-refractivity contribution in [1.29, 1.82) is 5.26 Å². The molecule has 0 aliphatic rings. The van der Waals surface area contributed by atoms with Gasteiger partial charge in [-0.25, -0.2) is 4.39 Å². The van der Waals surface area contributed by atoms with Crippen LogP contribution in [0.3, 0.4) is 0 Å². The van der Waals surface area contributed by atoms with Crippen LogP contribution < -0.4 is 4.74 Å². The van der Waals surface area contributed by atoms with Crippen LogP contribution in [0.15, 0.2) is 59.5 Å². The lowest BCUT2D eigenvalue weighted by Gasteiger charge is -2.10. The van der Waals surface area contributed by atoms with Gasteiger partial charge in [0.25, 0.3) is 0 Å². The minimum absolute atomic E-state index is 0.280. The second-order valence-electron chi connectivity index (χ2n) is 6.65. The fourth-order valence-corrected chi connectivity index (χ4v) is 3.42. The number of hydrogen-bond donors (Lipinski definition) is 0. The van der Waals surface area contributed by atoms with Crippen molar-refractivity contribution in [2.75, 3.05) is 0 Å². The van der Waals surface area contributed by atoms with E-state index in [9.17, 15) is 17.6 Å². The van der Waals surface area contributed by atoms with Gasteiger partial charge in [0.15, 0.2) is 0 Å².